The summed E-state index contributed by atoms with van der Waals surface area (Å²) in [6.07, 6.45) is 1.17. The average molecular weight is 357 g/mol. The highest BCUT2D eigenvalue weighted by Gasteiger charge is 2.31. The van der Waals surface area contributed by atoms with Gasteiger partial charge in [0.25, 0.3) is 0 Å². The van der Waals surface area contributed by atoms with Gasteiger partial charge in [0.15, 0.2) is 5.78 Å². The van der Waals surface area contributed by atoms with Gasteiger partial charge in [-0.25, -0.2) is 12.7 Å². The number of hydrogen-bond donors (Lipinski definition) is 0. The predicted molar refractivity (Wildman–Crippen MR) is 98.9 cm³/mol. The largest absolute Gasteiger partial charge is 0.294 e. The molecule has 1 aliphatic heterocycles. The van der Waals surface area contributed by atoms with Crippen molar-refractivity contribution in [3.63, 3.8) is 0 Å². The lowest BCUT2D eigenvalue weighted by molar-refractivity contribution is 0.0875. The van der Waals surface area contributed by atoms with E-state index in [0.29, 0.717) is 31.5 Å². The van der Waals surface area contributed by atoms with Crippen molar-refractivity contribution < 1.29 is 13.2 Å². The van der Waals surface area contributed by atoms with Crippen molar-refractivity contribution in [3.8, 4) is 0 Å². The maximum atomic E-state index is 12.7. The summed E-state index contributed by atoms with van der Waals surface area (Å²) in [5.74, 6) is 0.0514. The Morgan fingerprint density at radius 1 is 1.04 bits per heavy atom. The van der Waals surface area contributed by atoms with Gasteiger partial charge in [0, 0.05) is 24.6 Å². The van der Waals surface area contributed by atoms with Gasteiger partial charge in [-0.05, 0) is 25.3 Å². The van der Waals surface area contributed by atoms with Crippen LogP contribution >= 0.6 is 0 Å². The van der Waals surface area contributed by atoms with E-state index in [2.05, 4.69) is 0 Å². The monoisotopic (exact) mass is 357 g/mol. The molecule has 1 saturated heterocycles. The van der Waals surface area contributed by atoms with Gasteiger partial charge in [-0.1, -0.05) is 60.2 Å². The highest BCUT2D eigenvalue weighted by Crippen LogP contribution is 2.24. The summed E-state index contributed by atoms with van der Waals surface area (Å²) in [4.78, 5) is 12.5. The van der Waals surface area contributed by atoms with Crippen molar-refractivity contribution in [1.29, 1.82) is 0 Å². The van der Waals surface area contributed by atoms with Gasteiger partial charge in [-0.15, -0.1) is 0 Å². The summed E-state index contributed by atoms with van der Waals surface area (Å²) >= 11 is 0. The van der Waals surface area contributed by atoms with Crippen LogP contribution in [-0.2, 0) is 15.8 Å². The number of nitrogens with zero attached hydrogens (tertiary/aromatic N) is 1. The van der Waals surface area contributed by atoms with Crippen molar-refractivity contribution in [2.75, 3.05) is 13.1 Å². The van der Waals surface area contributed by atoms with Gasteiger partial charge in [0.2, 0.25) is 10.0 Å². The van der Waals surface area contributed by atoms with E-state index in [9.17, 15) is 13.2 Å². The Morgan fingerprint density at radius 3 is 2.36 bits per heavy atom. The predicted octanol–water partition coefficient (Wildman–Crippen LogP) is 3.42. The van der Waals surface area contributed by atoms with Crippen molar-refractivity contribution >= 4 is 15.8 Å². The number of sulfonamides is 1. The Balaban J connectivity index is 1.62. The fourth-order valence-corrected chi connectivity index (χ4v) is 4.89. The molecule has 5 heteroatoms. The number of ketones is 1. The number of benzene rings is 2. The van der Waals surface area contributed by atoms with Crippen LogP contribution in [-0.4, -0.2) is 31.6 Å². The van der Waals surface area contributed by atoms with Crippen molar-refractivity contribution in [2.45, 2.75) is 25.5 Å². The van der Waals surface area contributed by atoms with Crippen molar-refractivity contribution in [2.24, 2.45) is 5.92 Å². The van der Waals surface area contributed by atoms with Crippen LogP contribution in [0.15, 0.2) is 54.6 Å². The van der Waals surface area contributed by atoms with Crippen LogP contribution in [0.5, 0.6) is 0 Å². The van der Waals surface area contributed by atoms with Crippen LogP contribution < -0.4 is 0 Å². The van der Waals surface area contributed by atoms with E-state index in [1.807, 2.05) is 61.5 Å². The SMILES string of the molecule is Cc1cccc(CS(=O)(=O)N2CCC(C(=O)c3ccccc3)CC2)c1. The third-order valence-corrected chi connectivity index (χ3v) is 6.56. The van der Waals surface area contributed by atoms with Crippen LogP contribution in [0.2, 0.25) is 0 Å². The van der Waals surface area contributed by atoms with E-state index in [-0.39, 0.29) is 17.5 Å². The molecule has 0 N–H and O–H groups in total. The summed E-state index contributed by atoms with van der Waals surface area (Å²) in [7, 11) is -3.34. The van der Waals surface area contributed by atoms with Crippen LogP contribution in [0.3, 0.4) is 0 Å². The lowest BCUT2D eigenvalue weighted by Crippen LogP contribution is -2.40. The fourth-order valence-electron chi connectivity index (χ4n) is 3.34. The molecule has 25 heavy (non-hydrogen) atoms. The molecule has 0 amide bonds. The molecule has 0 spiro atoms. The number of hydrogen-bond acceptors (Lipinski definition) is 3. The second-order valence-corrected chi connectivity index (χ2v) is 8.62. The van der Waals surface area contributed by atoms with Gasteiger partial charge in [0.05, 0.1) is 5.75 Å². The average Bonchev–Trinajstić information content (AvgIpc) is 2.61. The zero-order valence-corrected chi connectivity index (χ0v) is 15.2. The van der Waals surface area contributed by atoms with E-state index in [1.165, 1.54) is 4.31 Å². The zero-order chi connectivity index (χ0) is 17.9. The molecule has 1 heterocycles. The van der Waals surface area contributed by atoms with E-state index >= 15 is 0 Å². The second kappa shape index (κ2) is 7.50. The number of piperidine rings is 1. The molecule has 0 saturated carbocycles. The summed E-state index contributed by atoms with van der Waals surface area (Å²) in [6.45, 7) is 2.78. The Morgan fingerprint density at radius 2 is 1.72 bits per heavy atom. The van der Waals surface area contributed by atoms with E-state index < -0.39 is 10.0 Å². The smallest absolute Gasteiger partial charge is 0.218 e. The Kier molecular flexibility index (Phi) is 5.35. The van der Waals surface area contributed by atoms with Gasteiger partial charge in [-0.3, -0.25) is 4.79 Å². The van der Waals surface area contributed by atoms with Crippen LogP contribution in [0.4, 0.5) is 0 Å². The molecule has 3 rings (SSSR count). The molecule has 0 radical (unpaired) electrons. The Hall–Kier alpha value is -1.98. The number of carbonyl (C=O) groups excluding carboxylic acids is 1. The minimum atomic E-state index is -3.34. The van der Waals surface area contributed by atoms with Gasteiger partial charge < -0.3 is 0 Å². The van der Waals surface area contributed by atoms with E-state index in [1.54, 1.807) is 0 Å². The number of rotatable bonds is 5. The molecule has 0 bridgehead atoms. The lowest BCUT2D eigenvalue weighted by Gasteiger charge is -2.30. The molecule has 0 aliphatic carbocycles. The Labute approximate surface area is 149 Å². The van der Waals surface area contributed by atoms with E-state index in [0.717, 1.165) is 11.1 Å². The Bertz CT molecular complexity index is 838. The minimum Gasteiger partial charge on any atom is -0.294 e. The van der Waals surface area contributed by atoms with Crippen LogP contribution in [0, 0.1) is 12.8 Å². The standard InChI is InChI=1S/C20H23NO3S/c1-16-6-5-7-17(14-16)15-25(23,24)21-12-10-19(11-13-21)20(22)18-8-3-2-4-9-18/h2-9,14,19H,10-13,15H2,1H3. The molecule has 0 atom stereocenters. The third-order valence-electron chi connectivity index (χ3n) is 4.71. The lowest BCUT2D eigenvalue weighted by atomic mass is 9.90. The third kappa shape index (κ3) is 4.35. The molecule has 1 aliphatic rings. The van der Waals surface area contributed by atoms with E-state index in [4.69, 9.17) is 0 Å². The molecular formula is C20H23NO3S. The van der Waals surface area contributed by atoms with Crippen LogP contribution in [0.1, 0.15) is 34.3 Å². The van der Waals surface area contributed by atoms with Gasteiger partial charge in [-0.2, -0.15) is 0 Å². The van der Waals surface area contributed by atoms with Gasteiger partial charge >= 0.3 is 0 Å². The molecule has 0 unspecified atom stereocenters. The molecule has 132 valence electrons. The summed E-state index contributed by atoms with van der Waals surface area (Å²) in [6, 6.07) is 16.8. The minimum absolute atomic E-state index is 0.0198. The second-order valence-electron chi connectivity index (χ2n) is 6.65. The molecule has 4 nitrogen and oxygen atoms in total. The first-order valence-electron chi connectivity index (χ1n) is 8.58. The maximum Gasteiger partial charge on any atom is 0.218 e. The normalized spacial score (nSPS) is 16.7. The van der Waals surface area contributed by atoms with Crippen LogP contribution in [0.25, 0.3) is 0 Å². The number of aryl methyl sites for hydroxylation is 1. The summed E-state index contributed by atoms with van der Waals surface area (Å²) in [5, 5.41) is 0. The molecule has 2 aromatic rings. The zero-order valence-electron chi connectivity index (χ0n) is 14.4. The molecule has 1 fully saturated rings. The highest BCUT2D eigenvalue weighted by molar-refractivity contribution is 7.88. The summed E-state index contributed by atoms with van der Waals surface area (Å²) in [5.41, 5.74) is 2.57. The first-order valence-corrected chi connectivity index (χ1v) is 10.2. The number of Topliss-reactive ketones (excluding diaryl/α,β-unsaturated/α-hetero) is 1. The number of carbonyl (C=O) groups is 1. The fraction of sp³-hybridized carbons (Fsp3) is 0.350. The van der Waals surface area contributed by atoms with Gasteiger partial charge in [0.1, 0.15) is 0 Å². The van der Waals surface area contributed by atoms with Crippen molar-refractivity contribution in [1.82, 2.24) is 4.31 Å². The highest BCUT2D eigenvalue weighted by atomic mass is 32.2. The first-order chi connectivity index (χ1) is 12.0. The molecular weight excluding hydrogens is 334 g/mol. The summed E-state index contributed by atoms with van der Waals surface area (Å²) < 4.78 is 26.8. The molecule has 2 aromatic carbocycles. The topological polar surface area (TPSA) is 54.5 Å². The first kappa shape index (κ1) is 17.8. The quantitative estimate of drug-likeness (QED) is 0.771. The van der Waals surface area contributed by atoms with Crippen molar-refractivity contribution in [3.05, 3.63) is 71.3 Å². The molecule has 0 aromatic heterocycles. The maximum absolute atomic E-state index is 12.7.